The summed E-state index contributed by atoms with van der Waals surface area (Å²) in [5.74, 6) is 0.174. The lowest BCUT2D eigenvalue weighted by Crippen LogP contribution is -2.14. The van der Waals surface area contributed by atoms with Gasteiger partial charge in [0.25, 0.3) is 5.95 Å². The summed E-state index contributed by atoms with van der Waals surface area (Å²) in [4.78, 5) is 7.47. The Hall–Kier alpha value is -2.78. The summed E-state index contributed by atoms with van der Waals surface area (Å²) in [6.45, 7) is 1.52. The van der Waals surface area contributed by atoms with E-state index in [9.17, 15) is 13.2 Å². The number of halogens is 3. The third-order valence-corrected chi connectivity index (χ3v) is 2.59. The molecule has 0 radical (unpaired) electrons. The Balaban J connectivity index is 2.21. The molecule has 0 fully saturated rings. The Bertz CT molecular complexity index is 765. The zero-order valence-electron chi connectivity index (χ0n) is 10.5. The van der Waals surface area contributed by atoms with Gasteiger partial charge in [0, 0.05) is 0 Å². The van der Waals surface area contributed by atoms with Crippen molar-refractivity contribution in [3.05, 3.63) is 36.0 Å². The fraction of sp³-hybridized carbons (Fsp3) is 0.182. The molecule has 0 unspecified atom stereocenters. The molecule has 3 heterocycles. The first-order chi connectivity index (χ1) is 9.95. The molecule has 21 heavy (non-hydrogen) atoms. The molecule has 0 aromatic carbocycles. The quantitative estimate of drug-likeness (QED) is 0.719. The molecule has 0 spiro atoms. The molecule has 0 aliphatic heterocycles. The largest absolute Gasteiger partial charge is 0.463 e. The van der Waals surface area contributed by atoms with Gasteiger partial charge in [-0.05, 0) is 35.5 Å². The van der Waals surface area contributed by atoms with E-state index in [1.807, 2.05) is 0 Å². The molecule has 3 aromatic heterocycles. The van der Waals surface area contributed by atoms with Crippen LogP contribution in [0.15, 0.2) is 28.9 Å². The molecule has 0 atom stereocenters. The van der Waals surface area contributed by atoms with Crippen LogP contribution >= 0.6 is 0 Å². The van der Waals surface area contributed by atoms with Gasteiger partial charge in [0.15, 0.2) is 17.3 Å². The van der Waals surface area contributed by atoms with E-state index in [1.54, 1.807) is 6.07 Å². The van der Waals surface area contributed by atoms with Gasteiger partial charge in [0.2, 0.25) is 0 Å². The number of tetrazole rings is 1. The second-order valence-electron chi connectivity index (χ2n) is 4.05. The van der Waals surface area contributed by atoms with Crippen molar-refractivity contribution in [2.24, 2.45) is 0 Å². The molecule has 0 aliphatic carbocycles. The Morgan fingerprint density at radius 2 is 2.05 bits per heavy atom. The smallest absolute Gasteiger partial charge is 0.433 e. The van der Waals surface area contributed by atoms with E-state index < -0.39 is 11.9 Å². The van der Waals surface area contributed by atoms with Crippen LogP contribution in [0, 0.1) is 6.92 Å². The Kier molecular flexibility index (Phi) is 2.92. The van der Waals surface area contributed by atoms with Crippen molar-refractivity contribution < 1.29 is 17.6 Å². The summed E-state index contributed by atoms with van der Waals surface area (Å²) in [5.41, 5.74) is -1.11. The lowest BCUT2D eigenvalue weighted by molar-refractivity contribution is -0.141. The van der Waals surface area contributed by atoms with E-state index >= 15 is 0 Å². The first kappa shape index (κ1) is 13.2. The topological polar surface area (TPSA) is 82.5 Å². The maximum atomic E-state index is 12.9. The van der Waals surface area contributed by atoms with Crippen LogP contribution in [-0.4, -0.2) is 30.2 Å². The van der Waals surface area contributed by atoms with Crippen molar-refractivity contribution in [3.8, 4) is 17.4 Å². The van der Waals surface area contributed by atoms with Crippen molar-refractivity contribution >= 4 is 0 Å². The minimum atomic E-state index is -4.62. The Labute approximate surface area is 115 Å². The van der Waals surface area contributed by atoms with Crippen molar-refractivity contribution in [1.82, 2.24) is 30.2 Å². The molecule has 0 amide bonds. The molecule has 0 aliphatic rings. The molecular formula is C11H7F3N6O. The van der Waals surface area contributed by atoms with Crippen LogP contribution in [-0.2, 0) is 6.18 Å². The molecular weight excluding hydrogens is 289 g/mol. The normalized spacial score (nSPS) is 11.8. The van der Waals surface area contributed by atoms with Crippen LogP contribution in [0.25, 0.3) is 17.4 Å². The summed E-state index contributed by atoms with van der Waals surface area (Å²) >= 11 is 0. The number of alkyl halides is 3. The zero-order valence-corrected chi connectivity index (χ0v) is 10.5. The summed E-state index contributed by atoms with van der Waals surface area (Å²) in [6.07, 6.45) is -3.28. The van der Waals surface area contributed by atoms with Gasteiger partial charge in [0.05, 0.1) is 6.26 Å². The first-order valence-corrected chi connectivity index (χ1v) is 5.70. The van der Waals surface area contributed by atoms with Crippen LogP contribution in [0.5, 0.6) is 0 Å². The zero-order chi connectivity index (χ0) is 15.0. The average Bonchev–Trinajstić information content (AvgIpc) is 3.08. The van der Waals surface area contributed by atoms with Crippen molar-refractivity contribution in [2.45, 2.75) is 13.1 Å². The van der Waals surface area contributed by atoms with E-state index in [-0.39, 0.29) is 23.2 Å². The lowest BCUT2D eigenvalue weighted by atomic mass is 10.2. The maximum absolute atomic E-state index is 12.9. The number of furan rings is 1. The summed E-state index contributed by atoms with van der Waals surface area (Å²) in [7, 11) is 0. The second kappa shape index (κ2) is 4.65. The highest BCUT2D eigenvalue weighted by atomic mass is 19.4. The maximum Gasteiger partial charge on any atom is 0.433 e. The highest BCUT2D eigenvalue weighted by Gasteiger charge is 2.34. The van der Waals surface area contributed by atoms with E-state index in [2.05, 4.69) is 25.5 Å². The molecule has 0 saturated heterocycles. The minimum Gasteiger partial charge on any atom is -0.463 e. The van der Waals surface area contributed by atoms with Crippen LogP contribution in [0.4, 0.5) is 13.2 Å². The molecule has 0 N–H and O–H groups in total. The van der Waals surface area contributed by atoms with Crippen LogP contribution in [0.2, 0.25) is 0 Å². The molecule has 10 heteroatoms. The predicted octanol–water partition coefficient (Wildman–Crippen LogP) is 2.04. The summed E-state index contributed by atoms with van der Waals surface area (Å²) in [5, 5.41) is 10.5. The van der Waals surface area contributed by atoms with Crippen LogP contribution < -0.4 is 0 Å². The third-order valence-electron chi connectivity index (χ3n) is 2.59. The van der Waals surface area contributed by atoms with Crippen LogP contribution in [0.1, 0.15) is 11.5 Å². The van der Waals surface area contributed by atoms with Gasteiger partial charge in [-0.15, -0.1) is 5.10 Å². The van der Waals surface area contributed by atoms with Crippen LogP contribution in [0.3, 0.4) is 0 Å². The summed E-state index contributed by atoms with van der Waals surface area (Å²) in [6, 6.07) is 3.85. The first-order valence-electron chi connectivity index (χ1n) is 5.70. The van der Waals surface area contributed by atoms with Gasteiger partial charge >= 0.3 is 6.18 Å². The van der Waals surface area contributed by atoms with Gasteiger partial charge < -0.3 is 4.42 Å². The fourth-order valence-corrected chi connectivity index (χ4v) is 1.64. The van der Waals surface area contributed by atoms with Crippen molar-refractivity contribution in [2.75, 3.05) is 0 Å². The van der Waals surface area contributed by atoms with Crippen molar-refractivity contribution in [3.63, 3.8) is 0 Å². The van der Waals surface area contributed by atoms with Crippen molar-refractivity contribution in [1.29, 1.82) is 0 Å². The standard InChI is InChI=1S/C11H7F3N6O/c1-6-17-18-19-20(6)10-15-7(8-3-2-4-21-8)5-9(16-10)11(12,13)14/h2-5H,1H3. The SMILES string of the molecule is Cc1nnnn1-c1nc(-c2ccco2)cc(C(F)(F)F)n1. The Morgan fingerprint density at radius 3 is 2.62 bits per heavy atom. The second-order valence-corrected chi connectivity index (χ2v) is 4.05. The number of hydrogen-bond donors (Lipinski definition) is 0. The van der Waals surface area contributed by atoms with E-state index in [0.29, 0.717) is 0 Å². The van der Waals surface area contributed by atoms with Gasteiger partial charge in [-0.3, -0.25) is 0 Å². The predicted molar refractivity (Wildman–Crippen MR) is 62.2 cm³/mol. The van der Waals surface area contributed by atoms with Gasteiger partial charge in [-0.25, -0.2) is 9.97 Å². The molecule has 0 saturated carbocycles. The van der Waals surface area contributed by atoms with E-state index in [0.717, 1.165) is 10.7 Å². The average molecular weight is 296 g/mol. The highest BCUT2D eigenvalue weighted by molar-refractivity contribution is 5.53. The molecule has 7 nitrogen and oxygen atoms in total. The number of aryl methyl sites for hydroxylation is 1. The number of rotatable bonds is 2. The molecule has 108 valence electrons. The molecule has 0 bridgehead atoms. The minimum absolute atomic E-state index is 0.00720. The number of hydrogen-bond acceptors (Lipinski definition) is 6. The highest BCUT2D eigenvalue weighted by Crippen LogP contribution is 2.30. The lowest BCUT2D eigenvalue weighted by Gasteiger charge is -2.09. The van der Waals surface area contributed by atoms with Gasteiger partial charge in [0.1, 0.15) is 5.69 Å². The van der Waals surface area contributed by atoms with Gasteiger partial charge in [-0.1, -0.05) is 0 Å². The molecule has 3 rings (SSSR count). The fourth-order valence-electron chi connectivity index (χ4n) is 1.64. The van der Waals surface area contributed by atoms with E-state index in [4.69, 9.17) is 4.42 Å². The monoisotopic (exact) mass is 296 g/mol. The number of nitrogens with zero attached hydrogens (tertiary/aromatic N) is 6. The van der Waals surface area contributed by atoms with E-state index in [1.165, 1.54) is 19.3 Å². The number of aromatic nitrogens is 6. The summed E-state index contributed by atoms with van der Waals surface area (Å²) < 4.78 is 44.9. The Morgan fingerprint density at radius 1 is 1.24 bits per heavy atom. The van der Waals surface area contributed by atoms with Gasteiger partial charge in [-0.2, -0.15) is 17.9 Å². The molecule has 3 aromatic rings. The third kappa shape index (κ3) is 2.47.